The van der Waals surface area contributed by atoms with Crippen LogP contribution in [0.5, 0.6) is 5.75 Å². The summed E-state index contributed by atoms with van der Waals surface area (Å²) in [6.07, 6.45) is 2.02. The molecule has 0 radical (unpaired) electrons. The summed E-state index contributed by atoms with van der Waals surface area (Å²) < 4.78 is 5.39. The van der Waals surface area contributed by atoms with E-state index in [-0.39, 0.29) is 5.92 Å². The van der Waals surface area contributed by atoms with Gasteiger partial charge in [0.15, 0.2) is 0 Å². The topological polar surface area (TPSA) is 41.5 Å². The zero-order chi connectivity index (χ0) is 16.4. The fourth-order valence-electron chi connectivity index (χ4n) is 3.86. The number of fused-ring (bicyclic) bond motifs is 1. The van der Waals surface area contributed by atoms with Crippen molar-refractivity contribution in [2.24, 2.45) is 5.92 Å². The van der Waals surface area contributed by atoms with Crippen molar-refractivity contribution in [3.8, 4) is 5.75 Å². The first-order chi connectivity index (χ1) is 11.1. The van der Waals surface area contributed by atoms with Crippen LogP contribution >= 0.6 is 0 Å². The molecule has 0 saturated carbocycles. The summed E-state index contributed by atoms with van der Waals surface area (Å²) in [6.45, 7) is 2.12. The number of hydrogen-bond acceptors (Lipinski definition) is 3. The third kappa shape index (κ3) is 2.75. The second-order valence-corrected chi connectivity index (χ2v) is 6.39. The van der Waals surface area contributed by atoms with Crippen LogP contribution in [-0.2, 0) is 12.1 Å². The summed E-state index contributed by atoms with van der Waals surface area (Å²) in [5.41, 5.74) is 2.54. The van der Waals surface area contributed by atoms with Crippen molar-refractivity contribution >= 4 is 0 Å². The largest absolute Gasteiger partial charge is 0.497 e. The Morgan fingerprint density at radius 3 is 2.57 bits per heavy atom. The predicted octanol–water partition coefficient (Wildman–Crippen LogP) is 3.43. The molecule has 0 heterocycles. The Morgan fingerprint density at radius 2 is 1.91 bits per heavy atom. The standard InChI is InChI=1S/C20H25NO2/c1-14-17(11-9-15-7-5-4-6-8-15)18-13-16(23-3)10-12-19(18)20(14,22)21-2/h4-8,10,12-14,17,21-22H,9,11H2,1-3H3. The summed E-state index contributed by atoms with van der Waals surface area (Å²) in [4.78, 5) is 0. The van der Waals surface area contributed by atoms with Crippen molar-refractivity contribution in [2.45, 2.75) is 31.4 Å². The first kappa shape index (κ1) is 16.0. The minimum absolute atomic E-state index is 0.110. The molecular weight excluding hydrogens is 286 g/mol. The van der Waals surface area contributed by atoms with Crippen molar-refractivity contribution in [2.75, 3.05) is 14.2 Å². The first-order valence-electron chi connectivity index (χ1n) is 8.23. The summed E-state index contributed by atoms with van der Waals surface area (Å²) in [6, 6.07) is 16.5. The van der Waals surface area contributed by atoms with E-state index >= 15 is 0 Å². The molecule has 0 spiro atoms. The molecule has 2 N–H and O–H groups in total. The average Bonchev–Trinajstić information content (AvgIpc) is 2.81. The van der Waals surface area contributed by atoms with Gasteiger partial charge < -0.3 is 9.84 Å². The fraction of sp³-hybridized carbons (Fsp3) is 0.400. The van der Waals surface area contributed by atoms with Crippen LogP contribution < -0.4 is 10.1 Å². The number of benzene rings is 2. The lowest BCUT2D eigenvalue weighted by Crippen LogP contribution is -2.43. The molecule has 1 aliphatic rings. The highest BCUT2D eigenvalue weighted by Crippen LogP contribution is 2.50. The van der Waals surface area contributed by atoms with E-state index in [2.05, 4.69) is 42.6 Å². The number of nitrogens with one attached hydrogen (secondary N) is 1. The van der Waals surface area contributed by atoms with Crippen LogP contribution in [0.1, 0.15) is 36.0 Å². The van der Waals surface area contributed by atoms with Gasteiger partial charge in [0.25, 0.3) is 0 Å². The third-order valence-electron chi connectivity index (χ3n) is 5.30. The highest BCUT2D eigenvalue weighted by molar-refractivity contribution is 5.46. The molecule has 0 saturated heterocycles. The van der Waals surface area contributed by atoms with E-state index < -0.39 is 5.72 Å². The van der Waals surface area contributed by atoms with Crippen molar-refractivity contribution < 1.29 is 9.84 Å². The van der Waals surface area contributed by atoms with E-state index in [4.69, 9.17) is 4.74 Å². The van der Waals surface area contributed by atoms with Gasteiger partial charge in [-0.3, -0.25) is 5.32 Å². The smallest absolute Gasteiger partial charge is 0.145 e. The zero-order valence-electron chi connectivity index (χ0n) is 14.0. The minimum atomic E-state index is -0.969. The Bertz CT molecular complexity index is 671. The van der Waals surface area contributed by atoms with Gasteiger partial charge in [-0.1, -0.05) is 43.3 Å². The van der Waals surface area contributed by atoms with E-state index in [0.29, 0.717) is 5.92 Å². The monoisotopic (exact) mass is 311 g/mol. The predicted molar refractivity (Wildman–Crippen MR) is 92.6 cm³/mol. The molecular formula is C20H25NO2. The van der Waals surface area contributed by atoms with Gasteiger partial charge in [0.2, 0.25) is 0 Å². The number of aliphatic hydroxyl groups is 1. The minimum Gasteiger partial charge on any atom is -0.497 e. The maximum absolute atomic E-state index is 11.1. The van der Waals surface area contributed by atoms with Crippen LogP contribution in [0.15, 0.2) is 48.5 Å². The van der Waals surface area contributed by atoms with Gasteiger partial charge >= 0.3 is 0 Å². The first-order valence-corrected chi connectivity index (χ1v) is 8.23. The van der Waals surface area contributed by atoms with E-state index in [0.717, 1.165) is 24.2 Å². The summed E-state index contributed by atoms with van der Waals surface area (Å²) >= 11 is 0. The highest BCUT2D eigenvalue weighted by Gasteiger charge is 2.47. The molecule has 122 valence electrons. The molecule has 3 heteroatoms. The molecule has 3 atom stereocenters. The van der Waals surface area contributed by atoms with Crippen LogP contribution in [0.3, 0.4) is 0 Å². The second kappa shape index (κ2) is 6.34. The average molecular weight is 311 g/mol. The summed E-state index contributed by atoms with van der Waals surface area (Å²) in [5.74, 6) is 1.26. The van der Waals surface area contributed by atoms with E-state index in [1.807, 2.05) is 25.2 Å². The maximum atomic E-state index is 11.1. The Hall–Kier alpha value is -1.84. The highest BCUT2D eigenvalue weighted by atomic mass is 16.5. The Kier molecular flexibility index (Phi) is 4.42. The van der Waals surface area contributed by atoms with E-state index in [9.17, 15) is 5.11 Å². The number of ether oxygens (including phenoxy) is 1. The van der Waals surface area contributed by atoms with Crippen LogP contribution in [0, 0.1) is 5.92 Å². The lowest BCUT2D eigenvalue weighted by Gasteiger charge is -2.30. The van der Waals surface area contributed by atoms with Crippen LogP contribution in [0.25, 0.3) is 0 Å². The van der Waals surface area contributed by atoms with Crippen LogP contribution in [0.4, 0.5) is 0 Å². The van der Waals surface area contributed by atoms with Gasteiger partial charge in [0, 0.05) is 11.5 Å². The molecule has 3 rings (SSSR count). The second-order valence-electron chi connectivity index (χ2n) is 6.39. The molecule has 0 amide bonds. The SMILES string of the molecule is CNC1(O)c2ccc(OC)cc2C(CCc2ccccc2)C1C. The molecule has 1 aliphatic carbocycles. The zero-order valence-corrected chi connectivity index (χ0v) is 14.0. The lowest BCUT2D eigenvalue weighted by molar-refractivity contribution is -0.0391. The van der Waals surface area contributed by atoms with Crippen molar-refractivity contribution in [1.82, 2.24) is 5.32 Å². The van der Waals surface area contributed by atoms with Crippen molar-refractivity contribution in [3.63, 3.8) is 0 Å². The molecule has 0 aromatic heterocycles. The van der Waals surface area contributed by atoms with E-state index in [1.54, 1.807) is 7.11 Å². The summed E-state index contributed by atoms with van der Waals surface area (Å²) in [7, 11) is 3.51. The number of aryl methyl sites for hydroxylation is 1. The van der Waals surface area contributed by atoms with E-state index in [1.165, 1.54) is 11.1 Å². The maximum Gasteiger partial charge on any atom is 0.145 e. The lowest BCUT2D eigenvalue weighted by atomic mass is 9.86. The van der Waals surface area contributed by atoms with Gasteiger partial charge in [-0.05, 0) is 49.1 Å². The Morgan fingerprint density at radius 1 is 1.17 bits per heavy atom. The molecule has 0 aliphatic heterocycles. The molecule has 0 bridgehead atoms. The summed E-state index contributed by atoms with van der Waals surface area (Å²) in [5, 5.41) is 14.2. The van der Waals surface area contributed by atoms with Crippen LogP contribution in [-0.4, -0.2) is 19.3 Å². The number of rotatable bonds is 5. The molecule has 3 nitrogen and oxygen atoms in total. The normalized spacial score (nSPS) is 26.1. The van der Waals surface area contributed by atoms with Crippen LogP contribution in [0.2, 0.25) is 0 Å². The van der Waals surface area contributed by atoms with Gasteiger partial charge in [0.1, 0.15) is 11.5 Å². The molecule has 2 aromatic rings. The third-order valence-corrected chi connectivity index (χ3v) is 5.30. The molecule has 2 aromatic carbocycles. The number of methoxy groups -OCH3 is 1. The Balaban J connectivity index is 1.91. The van der Waals surface area contributed by atoms with Gasteiger partial charge in [-0.25, -0.2) is 0 Å². The molecule has 3 unspecified atom stereocenters. The van der Waals surface area contributed by atoms with Gasteiger partial charge in [-0.15, -0.1) is 0 Å². The number of hydrogen-bond donors (Lipinski definition) is 2. The molecule has 0 fully saturated rings. The van der Waals surface area contributed by atoms with Gasteiger partial charge in [-0.2, -0.15) is 0 Å². The quantitative estimate of drug-likeness (QED) is 0.831. The Labute approximate surface area is 138 Å². The van der Waals surface area contributed by atoms with Crippen molar-refractivity contribution in [1.29, 1.82) is 0 Å². The van der Waals surface area contributed by atoms with Gasteiger partial charge in [0.05, 0.1) is 7.11 Å². The van der Waals surface area contributed by atoms with Crippen molar-refractivity contribution in [3.05, 3.63) is 65.2 Å². The fourth-order valence-corrected chi connectivity index (χ4v) is 3.86. The molecule has 23 heavy (non-hydrogen) atoms.